The molecule has 3 rings (SSSR count). The number of rotatable bonds is 6. The van der Waals surface area contributed by atoms with Crippen molar-refractivity contribution in [2.24, 2.45) is 5.92 Å². The van der Waals surface area contributed by atoms with Crippen molar-refractivity contribution in [2.75, 3.05) is 33.6 Å². The minimum Gasteiger partial charge on any atom is -0.493 e. The minimum atomic E-state index is -0.225. The van der Waals surface area contributed by atoms with E-state index in [4.69, 9.17) is 9.47 Å². The quantitative estimate of drug-likeness (QED) is 0.729. The van der Waals surface area contributed by atoms with E-state index in [1.807, 2.05) is 24.3 Å². The number of hydrogen-bond donors (Lipinski definition) is 1. The highest BCUT2D eigenvalue weighted by atomic mass is 79.9. The fourth-order valence-electron chi connectivity index (χ4n) is 3.19. The summed E-state index contributed by atoms with van der Waals surface area (Å²) in [4.78, 5) is 26.9. The van der Waals surface area contributed by atoms with E-state index in [1.165, 1.54) is 19.1 Å². The third-order valence-corrected chi connectivity index (χ3v) is 5.37. The Balaban J connectivity index is 1.83. The molecule has 0 heterocycles. The van der Waals surface area contributed by atoms with Crippen molar-refractivity contribution in [3.8, 4) is 11.5 Å². The fraction of sp³-hybridized carbons (Fsp3) is 0.333. The number of methoxy groups -OCH3 is 2. The van der Waals surface area contributed by atoms with Crippen LogP contribution in [0.4, 0.5) is 5.69 Å². The summed E-state index contributed by atoms with van der Waals surface area (Å²) in [6.07, 6.45) is 0.789. The van der Waals surface area contributed by atoms with Gasteiger partial charge in [0.1, 0.15) is 0 Å². The van der Waals surface area contributed by atoms with Crippen LogP contribution in [0.1, 0.15) is 28.3 Å². The molecule has 0 aromatic heterocycles. The number of halogens is 1. The Labute approximate surface area is 172 Å². The Morgan fingerprint density at radius 1 is 1.07 bits per heavy atom. The maximum atomic E-state index is 12.8. The van der Waals surface area contributed by atoms with Crippen molar-refractivity contribution in [3.63, 3.8) is 0 Å². The molecule has 1 aliphatic rings. The molecule has 1 saturated carbocycles. The molecule has 0 spiro atoms. The molecule has 0 radical (unpaired) electrons. The van der Waals surface area contributed by atoms with Crippen LogP contribution < -0.4 is 14.8 Å². The lowest BCUT2D eigenvalue weighted by atomic mass is 10.1. The van der Waals surface area contributed by atoms with Gasteiger partial charge in [0, 0.05) is 30.6 Å². The molecule has 148 valence electrons. The van der Waals surface area contributed by atoms with Crippen LogP contribution in [0.25, 0.3) is 0 Å². The first-order valence-electron chi connectivity index (χ1n) is 8.89. The van der Waals surface area contributed by atoms with E-state index in [1.54, 1.807) is 26.2 Å². The maximum absolute atomic E-state index is 12.8. The van der Waals surface area contributed by atoms with E-state index in [-0.39, 0.29) is 23.7 Å². The van der Waals surface area contributed by atoms with Crippen LogP contribution >= 0.6 is 15.9 Å². The van der Waals surface area contributed by atoms with E-state index in [9.17, 15) is 9.59 Å². The monoisotopic (exact) mass is 446 g/mol. The lowest BCUT2D eigenvalue weighted by Crippen LogP contribution is -2.24. The number of hydrogen-bond acceptors (Lipinski definition) is 4. The first-order valence-corrected chi connectivity index (χ1v) is 9.69. The SMILES string of the molecule is COc1cc(NC(=O)[C@@H]2C[C@@H]2c2ccc(Br)cc2)c(C(=O)N(C)C)cc1OC. The molecule has 2 aromatic carbocycles. The predicted octanol–water partition coefficient (Wildman–Crippen LogP) is 3.91. The molecular weight excluding hydrogens is 424 g/mol. The van der Waals surface area contributed by atoms with E-state index in [2.05, 4.69) is 21.2 Å². The summed E-state index contributed by atoms with van der Waals surface area (Å²) in [5, 5.41) is 2.91. The molecule has 2 amide bonds. The Bertz CT molecular complexity index is 896. The minimum absolute atomic E-state index is 0.104. The smallest absolute Gasteiger partial charge is 0.255 e. The summed E-state index contributed by atoms with van der Waals surface area (Å²) in [7, 11) is 6.35. The third-order valence-electron chi connectivity index (χ3n) is 4.84. The lowest BCUT2D eigenvalue weighted by molar-refractivity contribution is -0.117. The normalized spacial score (nSPS) is 17.6. The molecule has 0 saturated heterocycles. The van der Waals surface area contributed by atoms with Gasteiger partial charge < -0.3 is 19.7 Å². The summed E-state index contributed by atoms with van der Waals surface area (Å²) < 4.78 is 11.6. The van der Waals surface area contributed by atoms with Gasteiger partial charge in [-0.15, -0.1) is 0 Å². The first kappa shape index (κ1) is 20.2. The van der Waals surface area contributed by atoms with E-state index >= 15 is 0 Å². The highest BCUT2D eigenvalue weighted by molar-refractivity contribution is 9.10. The number of amides is 2. The molecule has 0 aliphatic heterocycles. The molecule has 1 aliphatic carbocycles. The van der Waals surface area contributed by atoms with Crippen LogP contribution in [-0.2, 0) is 4.79 Å². The molecule has 28 heavy (non-hydrogen) atoms. The van der Waals surface area contributed by atoms with Crippen LogP contribution in [-0.4, -0.2) is 45.0 Å². The predicted molar refractivity (Wildman–Crippen MR) is 111 cm³/mol. The standard InChI is InChI=1S/C21H23BrN2O4/c1-24(2)21(26)16-10-18(27-3)19(28-4)11-17(16)23-20(25)15-9-14(15)12-5-7-13(22)8-6-12/h5-8,10-11,14-15H,9H2,1-4H3,(H,23,25)/t14-,15-/m1/s1. The second kappa shape index (κ2) is 8.22. The maximum Gasteiger partial charge on any atom is 0.255 e. The number of carbonyl (C=O) groups excluding carboxylic acids is 2. The number of carbonyl (C=O) groups is 2. The van der Waals surface area contributed by atoms with Gasteiger partial charge in [0.2, 0.25) is 5.91 Å². The largest absolute Gasteiger partial charge is 0.493 e. The highest BCUT2D eigenvalue weighted by Gasteiger charge is 2.44. The Hall–Kier alpha value is -2.54. The molecule has 0 bridgehead atoms. The number of anilines is 1. The van der Waals surface area contributed by atoms with Crippen molar-refractivity contribution >= 4 is 33.4 Å². The number of benzene rings is 2. The zero-order valence-electron chi connectivity index (χ0n) is 16.3. The van der Waals surface area contributed by atoms with Crippen LogP contribution in [0.3, 0.4) is 0 Å². The summed E-state index contributed by atoms with van der Waals surface area (Å²) in [5.74, 6) is 0.639. The van der Waals surface area contributed by atoms with E-state index < -0.39 is 0 Å². The van der Waals surface area contributed by atoms with Crippen LogP contribution in [0.15, 0.2) is 40.9 Å². The lowest BCUT2D eigenvalue weighted by Gasteiger charge is -2.18. The van der Waals surface area contributed by atoms with Gasteiger partial charge in [0.05, 0.1) is 25.5 Å². The van der Waals surface area contributed by atoms with Gasteiger partial charge in [0.25, 0.3) is 5.91 Å². The number of ether oxygens (including phenoxy) is 2. The number of nitrogens with zero attached hydrogens (tertiary/aromatic N) is 1. The summed E-state index contributed by atoms with van der Waals surface area (Å²) in [6.45, 7) is 0. The average molecular weight is 447 g/mol. The van der Waals surface area contributed by atoms with Gasteiger partial charge in [-0.2, -0.15) is 0 Å². The molecule has 2 atom stereocenters. The van der Waals surface area contributed by atoms with Crippen molar-refractivity contribution in [1.82, 2.24) is 4.90 Å². The molecule has 7 heteroatoms. The first-order chi connectivity index (χ1) is 13.3. The van der Waals surface area contributed by atoms with Crippen molar-refractivity contribution in [2.45, 2.75) is 12.3 Å². The molecule has 0 unspecified atom stereocenters. The topological polar surface area (TPSA) is 67.9 Å². The zero-order valence-corrected chi connectivity index (χ0v) is 17.9. The molecular formula is C21H23BrN2O4. The van der Waals surface area contributed by atoms with Gasteiger partial charge >= 0.3 is 0 Å². The molecule has 2 aromatic rings. The molecule has 6 nitrogen and oxygen atoms in total. The Kier molecular flexibility index (Phi) is 5.93. The average Bonchev–Trinajstić information content (AvgIpc) is 3.48. The van der Waals surface area contributed by atoms with E-state index in [0.717, 1.165) is 16.5 Å². The van der Waals surface area contributed by atoms with Crippen LogP contribution in [0.2, 0.25) is 0 Å². The zero-order chi connectivity index (χ0) is 20.4. The van der Waals surface area contributed by atoms with Crippen molar-refractivity contribution in [1.29, 1.82) is 0 Å². The van der Waals surface area contributed by atoms with Gasteiger partial charge in [-0.1, -0.05) is 28.1 Å². The van der Waals surface area contributed by atoms with Gasteiger partial charge in [-0.3, -0.25) is 9.59 Å². The Morgan fingerprint density at radius 3 is 2.25 bits per heavy atom. The third kappa shape index (κ3) is 4.14. The van der Waals surface area contributed by atoms with Gasteiger partial charge in [-0.25, -0.2) is 0 Å². The number of nitrogens with one attached hydrogen (secondary N) is 1. The second-order valence-electron chi connectivity index (χ2n) is 6.94. The summed E-state index contributed by atoms with van der Waals surface area (Å²) in [5.41, 5.74) is 1.92. The second-order valence-corrected chi connectivity index (χ2v) is 7.86. The van der Waals surface area contributed by atoms with Gasteiger partial charge in [0.15, 0.2) is 11.5 Å². The van der Waals surface area contributed by atoms with Crippen LogP contribution in [0, 0.1) is 5.92 Å². The van der Waals surface area contributed by atoms with Crippen molar-refractivity contribution in [3.05, 3.63) is 52.0 Å². The van der Waals surface area contributed by atoms with Crippen LogP contribution in [0.5, 0.6) is 11.5 Å². The summed E-state index contributed by atoms with van der Waals surface area (Å²) >= 11 is 3.42. The fourth-order valence-corrected chi connectivity index (χ4v) is 3.45. The van der Waals surface area contributed by atoms with Crippen molar-refractivity contribution < 1.29 is 19.1 Å². The highest BCUT2D eigenvalue weighted by Crippen LogP contribution is 2.48. The van der Waals surface area contributed by atoms with Gasteiger partial charge in [-0.05, 0) is 36.1 Å². The molecule has 1 fully saturated rings. The molecule has 1 N–H and O–H groups in total. The summed E-state index contributed by atoms with van der Waals surface area (Å²) in [6, 6.07) is 11.2. The Morgan fingerprint density at radius 2 is 1.68 bits per heavy atom. The van der Waals surface area contributed by atoms with E-state index in [0.29, 0.717) is 22.7 Å².